The Bertz CT molecular complexity index is 162. The Morgan fingerprint density at radius 1 is 1.33 bits per heavy atom. The molecule has 0 aromatic carbocycles. The minimum absolute atomic E-state index is 0.565. The molecule has 0 N–H and O–H groups in total. The Balaban J connectivity index is 2.06. The number of fused-ring (bicyclic) bond motifs is 1. The van der Waals surface area contributed by atoms with Gasteiger partial charge in [0, 0.05) is 6.61 Å². The monoisotopic (exact) mass is 168 g/mol. The van der Waals surface area contributed by atoms with E-state index in [1.807, 2.05) is 0 Å². The first kappa shape index (κ1) is 8.55. The third kappa shape index (κ3) is 1.19. The highest BCUT2D eigenvalue weighted by molar-refractivity contribution is 4.96. The first-order valence-corrected chi connectivity index (χ1v) is 5.23. The number of ether oxygens (including phenoxy) is 1. The second kappa shape index (κ2) is 2.73. The maximum atomic E-state index is 5.72. The fourth-order valence-electron chi connectivity index (χ4n) is 2.77. The van der Waals surface area contributed by atoms with Crippen molar-refractivity contribution in [2.75, 3.05) is 6.61 Å². The lowest BCUT2D eigenvalue weighted by Gasteiger charge is -2.29. The normalized spacial score (nSPS) is 47.0. The van der Waals surface area contributed by atoms with Crippen LogP contribution in [0.1, 0.15) is 40.0 Å². The van der Waals surface area contributed by atoms with Gasteiger partial charge in [-0.15, -0.1) is 0 Å². The summed E-state index contributed by atoms with van der Waals surface area (Å²) >= 11 is 0. The molecule has 0 aromatic heterocycles. The third-order valence-corrected chi connectivity index (χ3v) is 4.14. The standard InChI is InChI=1S/C11H20O/c1-8(2)11(3)6-9-4-5-12-10(9)7-11/h8-10H,4-7H2,1-3H3. The number of rotatable bonds is 1. The molecule has 0 spiro atoms. The van der Waals surface area contributed by atoms with Gasteiger partial charge in [-0.2, -0.15) is 0 Å². The van der Waals surface area contributed by atoms with Crippen molar-refractivity contribution in [2.24, 2.45) is 17.3 Å². The van der Waals surface area contributed by atoms with Gasteiger partial charge in [-0.1, -0.05) is 20.8 Å². The van der Waals surface area contributed by atoms with E-state index in [9.17, 15) is 0 Å². The maximum absolute atomic E-state index is 5.72. The van der Waals surface area contributed by atoms with Crippen molar-refractivity contribution in [3.8, 4) is 0 Å². The van der Waals surface area contributed by atoms with E-state index in [1.54, 1.807) is 0 Å². The molecule has 1 saturated carbocycles. The zero-order chi connectivity index (χ0) is 8.77. The molecule has 0 radical (unpaired) electrons. The molecule has 2 fully saturated rings. The van der Waals surface area contributed by atoms with Crippen LogP contribution in [0, 0.1) is 17.3 Å². The van der Waals surface area contributed by atoms with E-state index >= 15 is 0 Å². The van der Waals surface area contributed by atoms with Crippen molar-refractivity contribution >= 4 is 0 Å². The van der Waals surface area contributed by atoms with Crippen molar-refractivity contribution < 1.29 is 4.74 Å². The van der Waals surface area contributed by atoms with Crippen LogP contribution in [0.3, 0.4) is 0 Å². The largest absolute Gasteiger partial charge is 0.378 e. The van der Waals surface area contributed by atoms with Gasteiger partial charge in [0.25, 0.3) is 0 Å². The van der Waals surface area contributed by atoms with E-state index in [0.29, 0.717) is 11.5 Å². The van der Waals surface area contributed by atoms with Crippen LogP contribution in [0.15, 0.2) is 0 Å². The molecule has 1 aliphatic heterocycles. The van der Waals surface area contributed by atoms with Crippen LogP contribution in [0.4, 0.5) is 0 Å². The molecule has 12 heavy (non-hydrogen) atoms. The van der Waals surface area contributed by atoms with Gasteiger partial charge in [0.1, 0.15) is 0 Å². The fraction of sp³-hybridized carbons (Fsp3) is 1.00. The molecule has 70 valence electrons. The summed E-state index contributed by atoms with van der Waals surface area (Å²) in [4.78, 5) is 0. The van der Waals surface area contributed by atoms with E-state index in [2.05, 4.69) is 20.8 Å². The molecule has 1 saturated heterocycles. The van der Waals surface area contributed by atoms with Crippen LogP contribution < -0.4 is 0 Å². The van der Waals surface area contributed by atoms with Crippen molar-refractivity contribution in [1.82, 2.24) is 0 Å². The Labute approximate surface area is 75.5 Å². The predicted molar refractivity (Wildman–Crippen MR) is 50.0 cm³/mol. The Morgan fingerprint density at radius 2 is 2.08 bits per heavy atom. The Morgan fingerprint density at radius 3 is 2.67 bits per heavy atom. The minimum Gasteiger partial charge on any atom is -0.378 e. The number of hydrogen-bond donors (Lipinski definition) is 0. The van der Waals surface area contributed by atoms with Crippen LogP contribution in [0.5, 0.6) is 0 Å². The average molecular weight is 168 g/mol. The second-order valence-electron chi connectivity index (χ2n) is 5.17. The average Bonchev–Trinajstić information content (AvgIpc) is 2.44. The number of hydrogen-bond acceptors (Lipinski definition) is 1. The van der Waals surface area contributed by atoms with E-state index in [1.165, 1.54) is 19.3 Å². The highest BCUT2D eigenvalue weighted by Crippen LogP contribution is 2.50. The predicted octanol–water partition coefficient (Wildman–Crippen LogP) is 2.85. The van der Waals surface area contributed by atoms with Crippen LogP contribution in [0.25, 0.3) is 0 Å². The van der Waals surface area contributed by atoms with Gasteiger partial charge in [-0.05, 0) is 36.5 Å². The van der Waals surface area contributed by atoms with Crippen molar-refractivity contribution in [3.63, 3.8) is 0 Å². The summed E-state index contributed by atoms with van der Waals surface area (Å²) in [5.41, 5.74) is 0.565. The molecule has 3 unspecified atom stereocenters. The van der Waals surface area contributed by atoms with Gasteiger partial charge < -0.3 is 4.74 Å². The molecule has 0 bridgehead atoms. The zero-order valence-electron chi connectivity index (χ0n) is 8.47. The lowest BCUT2D eigenvalue weighted by molar-refractivity contribution is 0.0808. The summed E-state index contributed by atoms with van der Waals surface area (Å²) in [5.74, 6) is 1.70. The Hall–Kier alpha value is -0.0400. The van der Waals surface area contributed by atoms with Crippen LogP contribution >= 0.6 is 0 Å². The van der Waals surface area contributed by atoms with E-state index in [-0.39, 0.29) is 0 Å². The molecular weight excluding hydrogens is 148 g/mol. The second-order valence-corrected chi connectivity index (χ2v) is 5.17. The first-order valence-electron chi connectivity index (χ1n) is 5.23. The van der Waals surface area contributed by atoms with Gasteiger partial charge in [-0.25, -0.2) is 0 Å². The molecule has 1 nitrogen and oxygen atoms in total. The topological polar surface area (TPSA) is 9.23 Å². The maximum Gasteiger partial charge on any atom is 0.0609 e. The van der Waals surface area contributed by atoms with Crippen LogP contribution in [0.2, 0.25) is 0 Å². The van der Waals surface area contributed by atoms with Gasteiger partial charge in [-0.3, -0.25) is 0 Å². The molecule has 0 amide bonds. The SMILES string of the molecule is CC(C)C1(C)CC2CCOC2C1. The highest BCUT2D eigenvalue weighted by atomic mass is 16.5. The first-order chi connectivity index (χ1) is 5.62. The molecule has 1 aliphatic carbocycles. The molecule has 0 aromatic rings. The molecule has 2 aliphatic rings. The quantitative estimate of drug-likeness (QED) is 0.585. The summed E-state index contributed by atoms with van der Waals surface area (Å²) in [6.45, 7) is 8.14. The highest BCUT2D eigenvalue weighted by Gasteiger charge is 2.46. The van der Waals surface area contributed by atoms with Gasteiger partial charge in [0.2, 0.25) is 0 Å². The smallest absolute Gasteiger partial charge is 0.0609 e. The fourth-order valence-corrected chi connectivity index (χ4v) is 2.77. The van der Waals surface area contributed by atoms with Crippen molar-refractivity contribution in [2.45, 2.75) is 46.1 Å². The molecule has 1 heteroatoms. The molecule has 2 rings (SSSR count). The van der Waals surface area contributed by atoms with Gasteiger partial charge in [0.05, 0.1) is 6.10 Å². The molecule has 3 atom stereocenters. The summed E-state index contributed by atoms with van der Waals surface area (Å²) in [6, 6.07) is 0. The molecular formula is C11H20O. The van der Waals surface area contributed by atoms with E-state index < -0.39 is 0 Å². The van der Waals surface area contributed by atoms with Gasteiger partial charge >= 0.3 is 0 Å². The molecule has 1 heterocycles. The summed E-state index contributed by atoms with van der Waals surface area (Å²) < 4.78 is 5.72. The minimum atomic E-state index is 0.565. The van der Waals surface area contributed by atoms with Crippen LogP contribution in [-0.4, -0.2) is 12.7 Å². The Kier molecular flexibility index (Phi) is 1.95. The van der Waals surface area contributed by atoms with Crippen molar-refractivity contribution in [3.05, 3.63) is 0 Å². The summed E-state index contributed by atoms with van der Waals surface area (Å²) in [7, 11) is 0. The lowest BCUT2D eigenvalue weighted by atomic mass is 9.77. The zero-order valence-corrected chi connectivity index (χ0v) is 8.47. The van der Waals surface area contributed by atoms with Crippen LogP contribution in [-0.2, 0) is 4.74 Å². The van der Waals surface area contributed by atoms with E-state index in [4.69, 9.17) is 4.74 Å². The summed E-state index contributed by atoms with van der Waals surface area (Å²) in [5, 5.41) is 0. The lowest BCUT2D eigenvalue weighted by Crippen LogP contribution is -2.21. The van der Waals surface area contributed by atoms with Gasteiger partial charge in [0.15, 0.2) is 0 Å². The third-order valence-electron chi connectivity index (χ3n) is 4.14. The van der Waals surface area contributed by atoms with Crippen molar-refractivity contribution in [1.29, 1.82) is 0 Å². The summed E-state index contributed by atoms with van der Waals surface area (Å²) in [6.07, 6.45) is 4.62. The van der Waals surface area contributed by atoms with E-state index in [0.717, 1.165) is 18.4 Å².